The van der Waals surface area contributed by atoms with Gasteiger partial charge in [-0.15, -0.1) is 0 Å². The second kappa shape index (κ2) is 3.33. The van der Waals surface area contributed by atoms with Gasteiger partial charge in [-0.2, -0.15) is 5.10 Å². The first-order valence-electron chi connectivity index (χ1n) is 4.83. The molecule has 1 atom stereocenters. The van der Waals surface area contributed by atoms with Gasteiger partial charge in [-0.25, -0.2) is 0 Å². The molecule has 0 fully saturated rings. The van der Waals surface area contributed by atoms with Crippen molar-refractivity contribution in [3.63, 3.8) is 0 Å². The van der Waals surface area contributed by atoms with E-state index in [4.69, 9.17) is 5.73 Å². The molecule has 0 saturated carbocycles. The summed E-state index contributed by atoms with van der Waals surface area (Å²) in [4.78, 5) is 0. The third-order valence-electron chi connectivity index (χ3n) is 2.47. The first-order valence-corrected chi connectivity index (χ1v) is 4.83. The summed E-state index contributed by atoms with van der Waals surface area (Å²) in [7, 11) is 1.91. The van der Waals surface area contributed by atoms with Crippen LogP contribution < -0.4 is 5.73 Å². The first kappa shape index (κ1) is 9.06. The molecule has 0 amide bonds. The predicted molar refractivity (Wildman–Crippen MR) is 57.2 cm³/mol. The van der Waals surface area contributed by atoms with Gasteiger partial charge in [0.25, 0.3) is 0 Å². The Morgan fingerprint density at radius 1 is 1.57 bits per heavy atom. The topological polar surface area (TPSA) is 43.8 Å². The van der Waals surface area contributed by atoms with Gasteiger partial charge in [0.05, 0.1) is 5.69 Å². The van der Waals surface area contributed by atoms with Crippen molar-refractivity contribution >= 4 is 5.57 Å². The number of hydrogen-bond acceptors (Lipinski definition) is 2. The minimum Gasteiger partial charge on any atom is -0.401 e. The monoisotopic (exact) mass is 189 g/mol. The molecule has 74 valence electrons. The van der Waals surface area contributed by atoms with Crippen LogP contribution in [0, 0.1) is 5.92 Å². The SMILES string of the molecule is CC1C=CC(c2ccn(C)n2)=C(N)C1. The van der Waals surface area contributed by atoms with Gasteiger partial charge < -0.3 is 5.73 Å². The molecule has 0 bridgehead atoms. The molecule has 1 aromatic rings. The molecule has 2 N–H and O–H groups in total. The van der Waals surface area contributed by atoms with Crippen molar-refractivity contribution in [1.29, 1.82) is 0 Å². The second-order valence-electron chi connectivity index (χ2n) is 3.85. The van der Waals surface area contributed by atoms with Crippen LogP contribution in [-0.2, 0) is 7.05 Å². The number of nitrogens with zero attached hydrogens (tertiary/aromatic N) is 2. The van der Waals surface area contributed by atoms with E-state index in [0.717, 1.165) is 23.4 Å². The third-order valence-corrected chi connectivity index (χ3v) is 2.47. The number of aromatic nitrogens is 2. The van der Waals surface area contributed by atoms with Gasteiger partial charge in [-0.05, 0) is 18.4 Å². The van der Waals surface area contributed by atoms with Gasteiger partial charge in [-0.1, -0.05) is 19.1 Å². The van der Waals surface area contributed by atoms with Crippen molar-refractivity contribution < 1.29 is 0 Å². The average Bonchev–Trinajstić information content (AvgIpc) is 2.51. The lowest BCUT2D eigenvalue weighted by Crippen LogP contribution is -2.09. The molecule has 3 heteroatoms. The fourth-order valence-corrected chi connectivity index (χ4v) is 1.70. The van der Waals surface area contributed by atoms with E-state index < -0.39 is 0 Å². The van der Waals surface area contributed by atoms with Gasteiger partial charge in [-0.3, -0.25) is 4.68 Å². The van der Waals surface area contributed by atoms with Crippen molar-refractivity contribution in [2.45, 2.75) is 13.3 Å². The molecule has 0 spiro atoms. The first-order chi connectivity index (χ1) is 6.66. The van der Waals surface area contributed by atoms with Crippen molar-refractivity contribution in [2.75, 3.05) is 0 Å². The van der Waals surface area contributed by atoms with Crippen LogP contribution in [0.2, 0.25) is 0 Å². The van der Waals surface area contributed by atoms with Crippen LogP contribution in [0.1, 0.15) is 19.0 Å². The normalized spacial score (nSPS) is 21.7. The van der Waals surface area contributed by atoms with E-state index in [1.807, 2.05) is 19.3 Å². The zero-order valence-corrected chi connectivity index (χ0v) is 8.57. The van der Waals surface area contributed by atoms with Gasteiger partial charge in [0.2, 0.25) is 0 Å². The van der Waals surface area contributed by atoms with Crippen molar-refractivity contribution in [1.82, 2.24) is 9.78 Å². The number of hydrogen-bond donors (Lipinski definition) is 1. The van der Waals surface area contributed by atoms with Crippen LogP contribution in [0.15, 0.2) is 30.1 Å². The van der Waals surface area contributed by atoms with E-state index in [9.17, 15) is 0 Å². The lowest BCUT2D eigenvalue weighted by Gasteiger charge is -2.15. The summed E-state index contributed by atoms with van der Waals surface area (Å²) >= 11 is 0. The molecule has 1 aliphatic carbocycles. The highest BCUT2D eigenvalue weighted by Gasteiger charge is 2.13. The Balaban J connectivity index is 2.36. The number of allylic oxidation sites excluding steroid dienone is 4. The minimum absolute atomic E-state index is 0.544. The third kappa shape index (κ3) is 1.58. The van der Waals surface area contributed by atoms with E-state index in [0.29, 0.717) is 5.92 Å². The molecule has 2 rings (SSSR count). The van der Waals surface area contributed by atoms with Crippen LogP contribution >= 0.6 is 0 Å². The lowest BCUT2D eigenvalue weighted by molar-refractivity contribution is 0.702. The highest BCUT2D eigenvalue weighted by atomic mass is 15.2. The molecule has 3 nitrogen and oxygen atoms in total. The molecule has 0 aromatic carbocycles. The number of nitrogens with two attached hydrogens (primary N) is 1. The fraction of sp³-hybridized carbons (Fsp3) is 0.364. The predicted octanol–water partition coefficient (Wildman–Crippen LogP) is 1.69. The lowest BCUT2D eigenvalue weighted by atomic mass is 9.94. The highest BCUT2D eigenvalue weighted by Crippen LogP contribution is 2.25. The Bertz CT molecular complexity index is 398. The molecule has 1 aromatic heterocycles. The maximum Gasteiger partial charge on any atom is 0.0940 e. The summed E-state index contributed by atoms with van der Waals surface area (Å²) in [6, 6.07) is 1.99. The summed E-state index contributed by atoms with van der Waals surface area (Å²) < 4.78 is 1.79. The smallest absolute Gasteiger partial charge is 0.0940 e. The van der Waals surface area contributed by atoms with Crippen LogP contribution in [0.25, 0.3) is 5.57 Å². The maximum absolute atomic E-state index is 5.99. The Kier molecular flexibility index (Phi) is 2.15. The van der Waals surface area contributed by atoms with Crippen LogP contribution in [0.3, 0.4) is 0 Å². The summed E-state index contributed by atoms with van der Waals surface area (Å²) in [5.41, 5.74) is 8.97. The van der Waals surface area contributed by atoms with E-state index >= 15 is 0 Å². The molecule has 14 heavy (non-hydrogen) atoms. The number of aryl methyl sites for hydroxylation is 1. The second-order valence-corrected chi connectivity index (χ2v) is 3.85. The number of rotatable bonds is 1. The highest BCUT2D eigenvalue weighted by molar-refractivity contribution is 5.74. The van der Waals surface area contributed by atoms with Gasteiger partial charge in [0, 0.05) is 24.5 Å². The van der Waals surface area contributed by atoms with Crippen molar-refractivity contribution in [3.05, 3.63) is 35.8 Å². The van der Waals surface area contributed by atoms with Gasteiger partial charge >= 0.3 is 0 Å². The fourth-order valence-electron chi connectivity index (χ4n) is 1.70. The molecule has 1 heterocycles. The molecule has 0 saturated heterocycles. The average molecular weight is 189 g/mol. The molecular weight excluding hydrogens is 174 g/mol. The molecule has 0 aliphatic heterocycles. The minimum atomic E-state index is 0.544. The summed E-state index contributed by atoms with van der Waals surface area (Å²) in [6.45, 7) is 2.17. The van der Waals surface area contributed by atoms with Crippen molar-refractivity contribution in [3.8, 4) is 0 Å². The Morgan fingerprint density at radius 2 is 2.36 bits per heavy atom. The molecule has 1 unspecified atom stereocenters. The van der Waals surface area contributed by atoms with E-state index in [1.54, 1.807) is 4.68 Å². The summed E-state index contributed by atoms with van der Waals surface area (Å²) in [5.74, 6) is 0.544. The Morgan fingerprint density at radius 3 is 2.93 bits per heavy atom. The largest absolute Gasteiger partial charge is 0.401 e. The quantitative estimate of drug-likeness (QED) is 0.730. The van der Waals surface area contributed by atoms with E-state index in [1.165, 1.54) is 0 Å². The summed E-state index contributed by atoms with van der Waals surface area (Å²) in [5, 5.41) is 4.34. The Hall–Kier alpha value is -1.51. The Labute approximate surface area is 83.9 Å². The van der Waals surface area contributed by atoms with Crippen LogP contribution in [0.4, 0.5) is 0 Å². The van der Waals surface area contributed by atoms with Crippen molar-refractivity contribution in [2.24, 2.45) is 18.7 Å². The van der Waals surface area contributed by atoms with Crippen LogP contribution in [0.5, 0.6) is 0 Å². The maximum atomic E-state index is 5.99. The molecular formula is C11H15N3. The van der Waals surface area contributed by atoms with Gasteiger partial charge in [0.15, 0.2) is 0 Å². The summed E-state index contributed by atoms with van der Waals surface area (Å²) in [6.07, 6.45) is 7.12. The zero-order valence-electron chi connectivity index (χ0n) is 8.57. The zero-order chi connectivity index (χ0) is 10.1. The van der Waals surface area contributed by atoms with E-state index in [2.05, 4.69) is 24.2 Å². The molecule has 1 aliphatic rings. The standard InChI is InChI=1S/C11H15N3/c1-8-3-4-9(10(12)7-8)11-5-6-14(2)13-11/h3-6,8H,7,12H2,1-2H3. The van der Waals surface area contributed by atoms with Crippen LogP contribution in [-0.4, -0.2) is 9.78 Å². The molecule has 0 radical (unpaired) electrons. The van der Waals surface area contributed by atoms with E-state index in [-0.39, 0.29) is 0 Å². The van der Waals surface area contributed by atoms with Gasteiger partial charge in [0.1, 0.15) is 0 Å².